The molecule has 1 N–H and O–H groups in total. The smallest absolute Gasteiger partial charge is 0.252 e. The van der Waals surface area contributed by atoms with Gasteiger partial charge >= 0.3 is 0 Å². The maximum Gasteiger partial charge on any atom is 0.252 e. The van der Waals surface area contributed by atoms with Gasteiger partial charge in [0.2, 0.25) is 11.8 Å². The van der Waals surface area contributed by atoms with Crippen LogP contribution in [0.3, 0.4) is 0 Å². The lowest BCUT2D eigenvalue weighted by atomic mass is 10.0. The molecule has 4 aromatic rings. The fraction of sp³-hybridized carbons (Fsp3) is 0.200. The zero-order valence-corrected chi connectivity index (χ0v) is 16.2. The Labute approximate surface area is 165 Å². The van der Waals surface area contributed by atoms with E-state index in [2.05, 4.69) is 68.8 Å². The van der Waals surface area contributed by atoms with Gasteiger partial charge in [-0.25, -0.2) is 10.5 Å². The summed E-state index contributed by atoms with van der Waals surface area (Å²) in [7, 11) is 1.37. The number of hydrogen-bond acceptors (Lipinski definition) is 7. The molecular weight excluding hydrogens is 376 g/mol. The van der Waals surface area contributed by atoms with E-state index in [1.54, 1.807) is 11.3 Å². The van der Waals surface area contributed by atoms with Crippen LogP contribution in [0, 0.1) is 6.92 Å². The normalized spacial score (nSPS) is 11.1. The van der Waals surface area contributed by atoms with Crippen molar-refractivity contribution in [2.75, 3.05) is 7.11 Å². The molecule has 7 nitrogen and oxygen atoms in total. The minimum absolute atomic E-state index is 0.0272. The van der Waals surface area contributed by atoms with Crippen LogP contribution in [0.1, 0.15) is 22.4 Å². The highest BCUT2D eigenvalue weighted by molar-refractivity contribution is 7.18. The van der Waals surface area contributed by atoms with Gasteiger partial charge in [0.1, 0.15) is 11.4 Å². The maximum absolute atomic E-state index is 11.5. The largest absolute Gasteiger partial charge is 0.424 e. The Morgan fingerprint density at radius 1 is 1.11 bits per heavy atom. The lowest BCUT2D eigenvalue weighted by molar-refractivity contribution is -0.130. The van der Waals surface area contributed by atoms with Gasteiger partial charge in [0.15, 0.2) is 0 Å². The molecule has 8 heteroatoms. The van der Waals surface area contributed by atoms with E-state index in [1.165, 1.54) is 18.2 Å². The van der Waals surface area contributed by atoms with Gasteiger partial charge in [-0.1, -0.05) is 35.9 Å². The lowest BCUT2D eigenvalue weighted by Gasteiger charge is -2.01. The Hall–Kier alpha value is -3.10. The fourth-order valence-electron chi connectivity index (χ4n) is 2.82. The molecule has 1 amide bonds. The molecule has 2 heterocycles. The zero-order valence-electron chi connectivity index (χ0n) is 15.4. The summed E-state index contributed by atoms with van der Waals surface area (Å²) < 4.78 is 6.64. The predicted octanol–water partition coefficient (Wildman–Crippen LogP) is 3.47. The number of aromatic nitrogens is 3. The molecule has 4 rings (SSSR count). The monoisotopic (exact) mass is 394 g/mol. The molecule has 2 aromatic carbocycles. The number of carbonyl (C=O) groups excluding carboxylic acids is 1. The Morgan fingerprint density at radius 3 is 2.64 bits per heavy atom. The van der Waals surface area contributed by atoms with Crippen LogP contribution in [0.25, 0.3) is 21.3 Å². The number of hydrogen-bond donors (Lipinski definition) is 1. The Morgan fingerprint density at radius 2 is 1.86 bits per heavy atom. The van der Waals surface area contributed by atoms with Crippen molar-refractivity contribution in [1.29, 1.82) is 0 Å². The van der Waals surface area contributed by atoms with Crippen LogP contribution in [0.15, 0.2) is 46.9 Å². The molecule has 0 saturated heterocycles. The number of nitrogens with one attached hydrogen (secondary N) is 1. The lowest BCUT2D eigenvalue weighted by Crippen LogP contribution is -2.23. The first kappa shape index (κ1) is 18.3. The van der Waals surface area contributed by atoms with Crippen LogP contribution in [-0.2, 0) is 22.5 Å². The van der Waals surface area contributed by atoms with Gasteiger partial charge in [0.25, 0.3) is 5.91 Å². The summed E-state index contributed by atoms with van der Waals surface area (Å²) in [6.45, 7) is 2.08. The van der Waals surface area contributed by atoms with Crippen molar-refractivity contribution in [2.24, 2.45) is 0 Å². The van der Waals surface area contributed by atoms with E-state index in [0.29, 0.717) is 12.3 Å². The molecule has 0 fully saturated rings. The molecular formula is C20H18N4O3S. The molecule has 0 spiro atoms. The highest BCUT2D eigenvalue weighted by Gasteiger charge is 2.13. The highest BCUT2D eigenvalue weighted by Crippen LogP contribution is 2.29. The number of aryl methyl sites for hydroxylation is 1. The SMILES string of the molecule is CONC(=O)Cc1nnc(Cc2nc3ccc(-c4ccc(C)cc4)cc3s2)o1. The van der Waals surface area contributed by atoms with Gasteiger partial charge in [-0.05, 0) is 30.2 Å². The summed E-state index contributed by atoms with van der Waals surface area (Å²) in [5.41, 5.74) is 6.73. The first-order chi connectivity index (χ1) is 13.6. The van der Waals surface area contributed by atoms with Crippen LogP contribution in [0.5, 0.6) is 0 Å². The fourth-order valence-corrected chi connectivity index (χ4v) is 3.82. The third-order valence-corrected chi connectivity index (χ3v) is 5.17. The van der Waals surface area contributed by atoms with E-state index in [4.69, 9.17) is 4.42 Å². The van der Waals surface area contributed by atoms with E-state index in [1.807, 2.05) is 6.07 Å². The van der Waals surface area contributed by atoms with Crippen LogP contribution in [0.4, 0.5) is 0 Å². The molecule has 2 aromatic heterocycles. The molecule has 0 saturated carbocycles. The molecule has 0 bridgehead atoms. The second-order valence-electron chi connectivity index (χ2n) is 6.33. The van der Waals surface area contributed by atoms with Crippen molar-refractivity contribution in [1.82, 2.24) is 20.7 Å². The summed E-state index contributed by atoms with van der Waals surface area (Å²) in [6, 6.07) is 14.7. The maximum atomic E-state index is 11.5. The number of carbonyl (C=O) groups is 1. The average Bonchev–Trinajstić information content (AvgIpc) is 3.28. The first-order valence-corrected chi connectivity index (χ1v) is 9.52. The first-order valence-electron chi connectivity index (χ1n) is 8.70. The summed E-state index contributed by atoms with van der Waals surface area (Å²) in [4.78, 5) is 20.7. The van der Waals surface area contributed by atoms with Gasteiger partial charge in [-0.3, -0.25) is 9.63 Å². The number of rotatable bonds is 6. The molecule has 0 aliphatic carbocycles. The van der Waals surface area contributed by atoms with Gasteiger partial charge < -0.3 is 4.42 Å². The summed E-state index contributed by atoms with van der Waals surface area (Å²) in [6.07, 6.45) is 0.401. The molecule has 142 valence electrons. The number of nitrogens with zero attached hydrogens (tertiary/aromatic N) is 3. The van der Waals surface area contributed by atoms with Gasteiger partial charge in [-0.15, -0.1) is 21.5 Å². The van der Waals surface area contributed by atoms with Crippen LogP contribution < -0.4 is 5.48 Å². The van der Waals surface area contributed by atoms with E-state index in [0.717, 1.165) is 20.8 Å². The number of thiazole rings is 1. The summed E-state index contributed by atoms with van der Waals surface area (Å²) >= 11 is 1.60. The number of fused-ring (bicyclic) bond motifs is 1. The second-order valence-corrected chi connectivity index (χ2v) is 7.44. The third-order valence-electron chi connectivity index (χ3n) is 4.16. The minimum atomic E-state index is -0.346. The minimum Gasteiger partial charge on any atom is -0.424 e. The van der Waals surface area contributed by atoms with Crippen molar-refractivity contribution in [3.05, 3.63) is 64.8 Å². The van der Waals surface area contributed by atoms with Crippen molar-refractivity contribution in [3.8, 4) is 11.1 Å². The van der Waals surface area contributed by atoms with Crippen molar-refractivity contribution < 1.29 is 14.0 Å². The van der Waals surface area contributed by atoms with Crippen LogP contribution in [0.2, 0.25) is 0 Å². The van der Waals surface area contributed by atoms with E-state index in [9.17, 15) is 4.79 Å². The highest BCUT2D eigenvalue weighted by atomic mass is 32.1. The molecule has 28 heavy (non-hydrogen) atoms. The van der Waals surface area contributed by atoms with E-state index < -0.39 is 0 Å². The quantitative estimate of drug-likeness (QED) is 0.504. The Kier molecular flexibility index (Phi) is 5.14. The van der Waals surface area contributed by atoms with Gasteiger partial charge in [0.05, 0.1) is 23.7 Å². The molecule has 0 aliphatic heterocycles. The van der Waals surface area contributed by atoms with Crippen LogP contribution in [-0.4, -0.2) is 28.2 Å². The molecule has 0 unspecified atom stereocenters. The van der Waals surface area contributed by atoms with Crippen molar-refractivity contribution in [3.63, 3.8) is 0 Å². The Balaban J connectivity index is 1.51. The third kappa shape index (κ3) is 4.08. The molecule has 0 radical (unpaired) electrons. The van der Waals surface area contributed by atoms with Crippen molar-refractivity contribution >= 4 is 27.5 Å². The molecule has 0 atom stereocenters. The summed E-state index contributed by atoms with van der Waals surface area (Å²) in [5.74, 6) is 0.326. The molecule has 0 aliphatic rings. The average molecular weight is 394 g/mol. The Bertz CT molecular complexity index is 1120. The predicted molar refractivity (Wildman–Crippen MR) is 106 cm³/mol. The van der Waals surface area contributed by atoms with E-state index in [-0.39, 0.29) is 18.2 Å². The standard InChI is InChI=1S/C20H18N4O3S/c1-12-3-5-13(6-4-12)14-7-8-15-16(9-14)28-20(21-15)11-19-23-22-18(27-19)10-17(25)24-26-2/h3-9H,10-11H2,1-2H3,(H,24,25). The number of hydroxylamine groups is 1. The van der Waals surface area contributed by atoms with Gasteiger partial charge in [-0.2, -0.15) is 0 Å². The van der Waals surface area contributed by atoms with Crippen molar-refractivity contribution in [2.45, 2.75) is 19.8 Å². The number of benzene rings is 2. The van der Waals surface area contributed by atoms with Crippen LogP contribution >= 0.6 is 11.3 Å². The number of amides is 1. The summed E-state index contributed by atoms with van der Waals surface area (Å²) in [5, 5.41) is 8.77. The van der Waals surface area contributed by atoms with E-state index >= 15 is 0 Å². The topological polar surface area (TPSA) is 90.1 Å². The van der Waals surface area contributed by atoms with Gasteiger partial charge in [0, 0.05) is 0 Å². The second kappa shape index (κ2) is 7.87. The zero-order chi connectivity index (χ0) is 19.5.